The molecule has 190 valence electrons. The third-order valence-corrected chi connectivity index (χ3v) is 7.63. The summed E-state index contributed by atoms with van der Waals surface area (Å²) in [6.07, 6.45) is 1.85. The van der Waals surface area contributed by atoms with Crippen LogP contribution in [0, 0.1) is 6.92 Å². The predicted octanol–water partition coefficient (Wildman–Crippen LogP) is 6.12. The van der Waals surface area contributed by atoms with Crippen molar-refractivity contribution < 1.29 is 14.2 Å². The summed E-state index contributed by atoms with van der Waals surface area (Å²) in [5.74, 6) is 2.41. The first-order valence-corrected chi connectivity index (χ1v) is 13.6. The van der Waals surface area contributed by atoms with Crippen molar-refractivity contribution >= 4 is 49.3 Å². The molecule has 0 aliphatic heterocycles. The highest BCUT2D eigenvalue weighted by Gasteiger charge is 2.14. The molecule has 0 radical (unpaired) electrons. The molecule has 0 aliphatic rings. The van der Waals surface area contributed by atoms with E-state index in [0.717, 1.165) is 32.4 Å². The van der Waals surface area contributed by atoms with Crippen molar-refractivity contribution in [2.75, 3.05) is 20.3 Å². The zero-order chi connectivity index (χ0) is 26.1. The average molecular weight is 580 g/mol. The smallest absolute Gasteiger partial charge is 0.274 e. The largest absolute Gasteiger partial charge is 0.493 e. The summed E-state index contributed by atoms with van der Waals surface area (Å²) in [7, 11) is 1.60. The van der Waals surface area contributed by atoms with E-state index in [-0.39, 0.29) is 5.56 Å². The Bertz CT molecular complexity index is 1710. The zero-order valence-corrected chi connectivity index (χ0v) is 23.5. The molecule has 8 heteroatoms. The second-order valence-electron chi connectivity index (χ2n) is 9.06. The van der Waals surface area contributed by atoms with E-state index in [0.29, 0.717) is 40.1 Å². The summed E-state index contributed by atoms with van der Waals surface area (Å²) in [4.78, 5) is 18.4. The molecule has 5 rings (SSSR count). The van der Waals surface area contributed by atoms with Gasteiger partial charge in [0.2, 0.25) is 0 Å². The Labute approximate surface area is 227 Å². The van der Waals surface area contributed by atoms with Gasteiger partial charge in [-0.15, -0.1) is 0 Å². The van der Waals surface area contributed by atoms with E-state index < -0.39 is 0 Å². The molecule has 2 heterocycles. The highest BCUT2D eigenvalue weighted by Crippen LogP contribution is 2.37. The summed E-state index contributed by atoms with van der Waals surface area (Å²) in [6.45, 7) is 7.11. The maximum atomic E-state index is 13.1. The van der Waals surface area contributed by atoms with Crippen LogP contribution >= 0.6 is 27.3 Å². The molecule has 3 aromatic carbocycles. The van der Waals surface area contributed by atoms with Crippen molar-refractivity contribution in [3.63, 3.8) is 0 Å². The fourth-order valence-electron chi connectivity index (χ4n) is 4.27. The van der Waals surface area contributed by atoms with Crippen LogP contribution in [0.2, 0.25) is 0 Å². The number of imidazole rings is 1. The number of halogens is 1. The number of nitrogens with zero attached hydrogens (tertiary/aromatic N) is 2. The first-order valence-electron chi connectivity index (χ1n) is 12.0. The molecule has 37 heavy (non-hydrogen) atoms. The third-order valence-electron chi connectivity index (χ3n) is 6.07. The Morgan fingerprint density at radius 3 is 2.62 bits per heavy atom. The molecule has 0 spiro atoms. The van der Waals surface area contributed by atoms with Gasteiger partial charge in [-0.3, -0.25) is 4.79 Å². The monoisotopic (exact) mass is 578 g/mol. The predicted molar refractivity (Wildman–Crippen MR) is 153 cm³/mol. The van der Waals surface area contributed by atoms with Crippen LogP contribution in [0.4, 0.5) is 0 Å². The van der Waals surface area contributed by atoms with Crippen molar-refractivity contribution in [2.24, 2.45) is 0 Å². The second-order valence-corrected chi connectivity index (χ2v) is 10.9. The molecule has 0 saturated carbocycles. The van der Waals surface area contributed by atoms with Gasteiger partial charge in [-0.2, -0.15) is 0 Å². The van der Waals surface area contributed by atoms with E-state index in [1.807, 2.05) is 42.5 Å². The zero-order valence-electron chi connectivity index (χ0n) is 21.1. The van der Waals surface area contributed by atoms with Crippen LogP contribution in [0.5, 0.6) is 17.2 Å². The number of methoxy groups -OCH3 is 1. The number of thiazole rings is 1. The Kier molecular flexibility index (Phi) is 7.22. The maximum Gasteiger partial charge on any atom is 0.274 e. The van der Waals surface area contributed by atoms with Gasteiger partial charge in [0.05, 0.1) is 27.1 Å². The first-order chi connectivity index (χ1) is 17.9. The third kappa shape index (κ3) is 5.08. The van der Waals surface area contributed by atoms with Gasteiger partial charge in [-0.05, 0) is 81.9 Å². The van der Waals surface area contributed by atoms with Gasteiger partial charge in [-0.1, -0.05) is 49.4 Å². The number of aromatic nitrogens is 2. The van der Waals surface area contributed by atoms with Crippen molar-refractivity contribution in [3.8, 4) is 17.2 Å². The van der Waals surface area contributed by atoms with Crippen molar-refractivity contribution in [2.45, 2.75) is 26.7 Å². The van der Waals surface area contributed by atoms with E-state index in [1.54, 1.807) is 11.5 Å². The number of hydrogen-bond acceptors (Lipinski definition) is 6. The van der Waals surface area contributed by atoms with Crippen LogP contribution in [0.3, 0.4) is 0 Å². The number of fused-ring (bicyclic) bond motifs is 3. The summed E-state index contributed by atoms with van der Waals surface area (Å²) < 4.78 is 20.7. The Hall–Kier alpha value is -3.36. The molecule has 0 amide bonds. The molecule has 6 nitrogen and oxygen atoms in total. The second kappa shape index (κ2) is 10.6. The van der Waals surface area contributed by atoms with Crippen LogP contribution in [0.15, 0.2) is 63.9 Å². The highest BCUT2D eigenvalue weighted by atomic mass is 79.9. The Balaban J connectivity index is 1.36. The molecule has 0 N–H and O–H groups in total. The molecule has 2 aromatic heterocycles. The number of benzene rings is 3. The summed E-state index contributed by atoms with van der Waals surface area (Å²) in [5, 5.41) is 0. The quantitative estimate of drug-likeness (QED) is 0.208. The molecule has 0 saturated heterocycles. The standard InChI is InChI=1S/C29H27BrN2O4S/c1-17(2)20-10-9-18(3)13-24(20)35-11-12-36-27-21(30)14-19(15-25(27)34-4)16-26-28(33)32-23-8-6-5-7-22(23)31-29(32)37-26/h5-10,13-17H,11-12H2,1-4H3/b26-16-. The molecular formula is C29H27BrN2O4S. The van der Waals surface area contributed by atoms with Crippen LogP contribution in [0.1, 0.15) is 36.5 Å². The maximum absolute atomic E-state index is 13.1. The fourth-order valence-corrected chi connectivity index (χ4v) is 5.83. The number of rotatable bonds is 8. The van der Waals surface area contributed by atoms with Gasteiger partial charge < -0.3 is 14.2 Å². The van der Waals surface area contributed by atoms with Gasteiger partial charge >= 0.3 is 0 Å². The van der Waals surface area contributed by atoms with E-state index >= 15 is 0 Å². The van der Waals surface area contributed by atoms with E-state index in [2.05, 4.69) is 59.9 Å². The topological polar surface area (TPSA) is 62.1 Å². The van der Waals surface area contributed by atoms with E-state index in [9.17, 15) is 4.79 Å². The SMILES string of the molecule is COc1cc(/C=c2\sc3nc4ccccc4n3c2=O)cc(Br)c1OCCOc1cc(C)ccc1C(C)C. The Morgan fingerprint density at radius 2 is 1.84 bits per heavy atom. The molecule has 0 unspecified atom stereocenters. The first kappa shape index (κ1) is 25.3. The molecular weight excluding hydrogens is 552 g/mol. The van der Waals surface area contributed by atoms with Crippen molar-refractivity contribution in [3.05, 3.63) is 90.6 Å². The van der Waals surface area contributed by atoms with E-state index in [1.165, 1.54) is 16.9 Å². The lowest BCUT2D eigenvalue weighted by molar-refractivity contribution is 0.209. The van der Waals surface area contributed by atoms with Crippen molar-refractivity contribution in [1.82, 2.24) is 9.38 Å². The fraction of sp³-hybridized carbons (Fsp3) is 0.241. The lowest BCUT2D eigenvalue weighted by Gasteiger charge is -2.16. The minimum absolute atomic E-state index is 0.0850. The van der Waals surface area contributed by atoms with Crippen LogP contribution in [0.25, 0.3) is 22.1 Å². The molecule has 0 atom stereocenters. The van der Waals surface area contributed by atoms with E-state index in [4.69, 9.17) is 14.2 Å². The van der Waals surface area contributed by atoms with Crippen molar-refractivity contribution in [1.29, 1.82) is 0 Å². The molecule has 0 fully saturated rings. The summed E-state index contributed by atoms with van der Waals surface area (Å²) in [6, 6.07) is 17.7. The number of para-hydroxylation sites is 2. The van der Waals surface area contributed by atoms with Gasteiger partial charge in [0.25, 0.3) is 5.56 Å². The van der Waals surface area contributed by atoms with Gasteiger partial charge in [0, 0.05) is 0 Å². The Morgan fingerprint density at radius 1 is 1.05 bits per heavy atom. The number of aryl methyl sites for hydroxylation is 1. The molecule has 5 aromatic rings. The minimum Gasteiger partial charge on any atom is -0.493 e. The lowest BCUT2D eigenvalue weighted by Crippen LogP contribution is -2.22. The number of hydrogen-bond donors (Lipinski definition) is 0. The molecule has 0 aliphatic carbocycles. The number of ether oxygens (including phenoxy) is 3. The summed E-state index contributed by atoms with van der Waals surface area (Å²) in [5.41, 5.74) is 4.70. The normalized spacial score (nSPS) is 12.1. The van der Waals surface area contributed by atoms with Gasteiger partial charge in [-0.25, -0.2) is 9.38 Å². The van der Waals surface area contributed by atoms with Crippen LogP contribution < -0.4 is 24.3 Å². The van der Waals surface area contributed by atoms with Crippen LogP contribution in [-0.4, -0.2) is 29.7 Å². The van der Waals surface area contributed by atoms with Gasteiger partial charge in [0.15, 0.2) is 16.5 Å². The van der Waals surface area contributed by atoms with Crippen LogP contribution in [-0.2, 0) is 0 Å². The molecule has 0 bridgehead atoms. The summed E-state index contributed by atoms with van der Waals surface area (Å²) >= 11 is 4.98. The van der Waals surface area contributed by atoms with Gasteiger partial charge in [0.1, 0.15) is 19.0 Å². The lowest BCUT2D eigenvalue weighted by atomic mass is 10.0. The average Bonchev–Trinajstić information content (AvgIpc) is 3.38. The highest BCUT2D eigenvalue weighted by molar-refractivity contribution is 9.10. The minimum atomic E-state index is -0.0850.